The molecular formula is C35H30. The van der Waals surface area contributed by atoms with Crippen molar-refractivity contribution in [1.82, 2.24) is 0 Å². The molecule has 0 aromatic heterocycles. The maximum atomic E-state index is 2.34. The molecule has 170 valence electrons. The lowest BCUT2D eigenvalue weighted by molar-refractivity contribution is 0.421. The van der Waals surface area contributed by atoms with Crippen LogP contribution in [0.25, 0.3) is 44.5 Å². The smallest absolute Gasteiger partial charge is 0.0140 e. The van der Waals surface area contributed by atoms with E-state index in [1.54, 1.807) is 0 Å². The summed E-state index contributed by atoms with van der Waals surface area (Å²) in [5.41, 5.74) is 13.5. The minimum absolute atomic E-state index is 0.634. The molecule has 1 aliphatic rings. The standard InChI is InChI=1S/C35H30/c1-25-31(28-13-6-3-7-14-28)17-9-18-32(25)34-20-10-19-33(35(34)30-15-8-16-30)29-23-21-27(22-24-29)26-11-4-2-5-12-26/h2-7,9-14,17-24,30H,8,15-16H2,1H3. The van der Waals surface area contributed by atoms with Crippen molar-refractivity contribution in [2.24, 2.45) is 0 Å². The van der Waals surface area contributed by atoms with Gasteiger partial charge in [-0.3, -0.25) is 0 Å². The molecule has 0 heterocycles. The molecule has 0 atom stereocenters. The van der Waals surface area contributed by atoms with Gasteiger partial charge in [-0.05, 0) is 81.3 Å². The first kappa shape index (κ1) is 21.6. The number of rotatable bonds is 5. The van der Waals surface area contributed by atoms with Crippen LogP contribution >= 0.6 is 0 Å². The van der Waals surface area contributed by atoms with E-state index in [-0.39, 0.29) is 0 Å². The van der Waals surface area contributed by atoms with Gasteiger partial charge >= 0.3 is 0 Å². The zero-order chi connectivity index (χ0) is 23.6. The van der Waals surface area contributed by atoms with Gasteiger partial charge in [-0.1, -0.05) is 128 Å². The molecule has 0 spiro atoms. The van der Waals surface area contributed by atoms with Crippen molar-refractivity contribution in [3.8, 4) is 44.5 Å². The molecule has 0 radical (unpaired) electrons. The van der Waals surface area contributed by atoms with E-state index in [0.717, 1.165) is 0 Å². The van der Waals surface area contributed by atoms with Crippen LogP contribution in [0.3, 0.4) is 0 Å². The average Bonchev–Trinajstić information content (AvgIpc) is 2.89. The normalized spacial score (nSPS) is 13.4. The van der Waals surface area contributed by atoms with Gasteiger partial charge in [0.05, 0.1) is 0 Å². The Morgan fingerprint density at radius 1 is 0.429 bits per heavy atom. The van der Waals surface area contributed by atoms with E-state index in [0.29, 0.717) is 5.92 Å². The van der Waals surface area contributed by atoms with Gasteiger partial charge in [0, 0.05) is 0 Å². The van der Waals surface area contributed by atoms with Crippen LogP contribution in [0, 0.1) is 6.92 Å². The van der Waals surface area contributed by atoms with Crippen LogP contribution in [0.1, 0.15) is 36.3 Å². The van der Waals surface area contributed by atoms with Crippen molar-refractivity contribution in [3.63, 3.8) is 0 Å². The summed E-state index contributed by atoms with van der Waals surface area (Å²) in [5.74, 6) is 0.634. The van der Waals surface area contributed by atoms with E-state index in [4.69, 9.17) is 0 Å². The molecule has 0 unspecified atom stereocenters. The maximum absolute atomic E-state index is 2.34. The molecule has 5 aromatic carbocycles. The Kier molecular flexibility index (Phi) is 5.80. The number of hydrogen-bond donors (Lipinski definition) is 0. The first-order chi connectivity index (χ1) is 17.3. The SMILES string of the molecule is Cc1c(-c2ccccc2)cccc1-c1cccc(-c2ccc(-c3ccccc3)cc2)c1C1CCC1. The van der Waals surface area contributed by atoms with E-state index >= 15 is 0 Å². The Bertz CT molecular complexity index is 1440. The lowest BCUT2D eigenvalue weighted by atomic mass is 9.73. The molecule has 0 aliphatic heterocycles. The Hall–Kier alpha value is -3.90. The summed E-state index contributed by atoms with van der Waals surface area (Å²) in [5, 5.41) is 0. The highest BCUT2D eigenvalue weighted by Gasteiger charge is 2.26. The van der Waals surface area contributed by atoms with Gasteiger partial charge in [-0.2, -0.15) is 0 Å². The molecule has 0 nitrogen and oxygen atoms in total. The van der Waals surface area contributed by atoms with Crippen LogP contribution in [-0.2, 0) is 0 Å². The van der Waals surface area contributed by atoms with Crippen LogP contribution in [0.15, 0.2) is 121 Å². The van der Waals surface area contributed by atoms with Gasteiger partial charge in [0.15, 0.2) is 0 Å². The first-order valence-electron chi connectivity index (χ1n) is 12.7. The van der Waals surface area contributed by atoms with Crippen molar-refractivity contribution in [2.75, 3.05) is 0 Å². The third-order valence-electron chi connectivity index (χ3n) is 7.63. The largest absolute Gasteiger partial charge is 0.0622 e. The van der Waals surface area contributed by atoms with E-state index in [2.05, 4.69) is 128 Å². The quantitative estimate of drug-likeness (QED) is 0.250. The molecule has 0 bridgehead atoms. The van der Waals surface area contributed by atoms with Crippen molar-refractivity contribution in [1.29, 1.82) is 0 Å². The summed E-state index contributed by atoms with van der Waals surface area (Å²) in [7, 11) is 0. The summed E-state index contributed by atoms with van der Waals surface area (Å²) in [6.45, 7) is 2.28. The van der Waals surface area contributed by atoms with Crippen molar-refractivity contribution >= 4 is 0 Å². The molecule has 0 N–H and O–H groups in total. The van der Waals surface area contributed by atoms with Gasteiger partial charge in [0.25, 0.3) is 0 Å². The summed E-state index contributed by atoms with van der Waals surface area (Å²) < 4.78 is 0. The minimum Gasteiger partial charge on any atom is -0.0622 e. The monoisotopic (exact) mass is 450 g/mol. The topological polar surface area (TPSA) is 0 Å². The van der Waals surface area contributed by atoms with Gasteiger partial charge in [-0.15, -0.1) is 0 Å². The van der Waals surface area contributed by atoms with Crippen molar-refractivity contribution < 1.29 is 0 Å². The Morgan fingerprint density at radius 2 is 0.914 bits per heavy atom. The lowest BCUT2D eigenvalue weighted by Crippen LogP contribution is -2.12. The summed E-state index contributed by atoms with van der Waals surface area (Å²) in [6, 6.07) is 44.2. The van der Waals surface area contributed by atoms with Crippen LogP contribution in [0.5, 0.6) is 0 Å². The third kappa shape index (κ3) is 4.10. The predicted octanol–water partition coefficient (Wildman–Crippen LogP) is 9.93. The van der Waals surface area contributed by atoms with Crippen LogP contribution in [0.2, 0.25) is 0 Å². The summed E-state index contributed by atoms with van der Waals surface area (Å²) in [4.78, 5) is 0. The van der Waals surface area contributed by atoms with Gasteiger partial charge in [0.2, 0.25) is 0 Å². The molecule has 1 fully saturated rings. The highest BCUT2D eigenvalue weighted by molar-refractivity contribution is 5.85. The Morgan fingerprint density at radius 3 is 1.54 bits per heavy atom. The molecule has 0 saturated heterocycles. The van der Waals surface area contributed by atoms with Gasteiger partial charge < -0.3 is 0 Å². The summed E-state index contributed by atoms with van der Waals surface area (Å²) in [6.07, 6.45) is 3.89. The second kappa shape index (κ2) is 9.39. The highest BCUT2D eigenvalue weighted by atomic mass is 14.3. The molecule has 0 heteroatoms. The predicted molar refractivity (Wildman–Crippen MR) is 150 cm³/mol. The third-order valence-corrected chi connectivity index (χ3v) is 7.63. The van der Waals surface area contributed by atoms with Crippen LogP contribution < -0.4 is 0 Å². The fourth-order valence-electron chi connectivity index (χ4n) is 5.52. The molecule has 6 rings (SSSR count). The minimum atomic E-state index is 0.634. The van der Waals surface area contributed by atoms with Gasteiger partial charge in [0.1, 0.15) is 0 Å². The second-order valence-corrected chi connectivity index (χ2v) is 9.68. The van der Waals surface area contributed by atoms with Crippen molar-refractivity contribution in [2.45, 2.75) is 32.1 Å². The molecule has 1 saturated carbocycles. The fourth-order valence-corrected chi connectivity index (χ4v) is 5.52. The molecule has 5 aromatic rings. The van der Waals surface area contributed by atoms with Crippen LogP contribution in [0.4, 0.5) is 0 Å². The molecule has 1 aliphatic carbocycles. The van der Waals surface area contributed by atoms with E-state index in [9.17, 15) is 0 Å². The highest BCUT2D eigenvalue weighted by Crippen LogP contribution is 2.47. The maximum Gasteiger partial charge on any atom is -0.0140 e. The van der Waals surface area contributed by atoms with Crippen molar-refractivity contribution in [3.05, 3.63) is 132 Å². The number of hydrogen-bond acceptors (Lipinski definition) is 0. The first-order valence-corrected chi connectivity index (χ1v) is 12.7. The van der Waals surface area contributed by atoms with E-state index in [1.807, 2.05) is 0 Å². The zero-order valence-electron chi connectivity index (χ0n) is 20.2. The Labute approximate surface area is 208 Å². The second-order valence-electron chi connectivity index (χ2n) is 9.68. The summed E-state index contributed by atoms with van der Waals surface area (Å²) >= 11 is 0. The van der Waals surface area contributed by atoms with E-state index in [1.165, 1.54) is 74.9 Å². The molecule has 0 amide bonds. The van der Waals surface area contributed by atoms with Gasteiger partial charge in [-0.25, -0.2) is 0 Å². The lowest BCUT2D eigenvalue weighted by Gasteiger charge is -2.31. The zero-order valence-corrected chi connectivity index (χ0v) is 20.2. The average molecular weight is 451 g/mol. The molecule has 35 heavy (non-hydrogen) atoms. The number of benzene rings is 5. The van der Waals surface area contributed by atoms with Crippen LogP contribution in [-0.4, -0.2) is 0 Å². The Balaban J connectivity index is 1.47. The molecular weight excluding hydrogens is 420 g/mol. The fraction of sp³-hybridized carbons (Fsp3) is 0.143. The van der Waals surface area contributed by atoms with E-state index < -0.39 is 0 Å².